The third kappa shape index (κ3) is 3.13. The maximum Gasteiger partial charge on any atom is 0.321 e. The number of hydrogen-bond acceptors (Lipinski definition) is 3. The summed E-state index contributed by atoms with van der Waals surface area (Å²) in [4.78, 5) is 7.28. The number of rotatable bonds is 5. The lowest BCUT2D eigenvalue weighted by Gasteiger charge is -2.06. The molecule has 0 radical (unpaired) electrons. The summed E-state index contributed by atoms with van der Waals surface area (Å²) in [5.41, 5.74) is 1.58. The van der Waals surface area contributed by atoms with Crippen molar-refractivity contribution in [3.05, 3.63) is 23.2 Å². The third-order valence-electron chi connectivity index (χ3n) is 2.26. The average Bonchev–Trinajstić information content (AvgIpc) is 2.72. The van der Waals surface area contributed by atoms with Crippen LogP contribution in [0.2, 0.25) is 5.02 Å². The Morgan fingerprint density at radius 2 is 2.35 bits per heavy atom. The van der Waals surface area contributed by atoms with E-state index >= 15 is 0 Å². The smallest absolute Gasteiger partial charge is 0.321 e. The van der Waals surface area contributed by atoms with Gasteiger partial charge >= 0.3 is 5.16 Å². The Labute approximate surface area is 108 Å². The van der Waals surface area contributed by atoms with Crippen LogP contribution < -0.4 is 0 Å². The molecule has 4 nitrogen and oxygen atoms in total. The zero-order chi connectivity index (χ0) is 12.3. The fourth-order valence-corrected chi connectivity index (χ4v) is 2.49. The second kappa shape index (κ2) is 5.73. The van der Waals surface area contributed by atoms with Crippen LogP contribution in [0, 0.1) is 0 Å². The minimum atomic E-state index is -1.16. The van der Waals surface area contributed by atoms with Gasteiger partial charge in [-0.05, 0) is 25.1 Å². The van der Waals surface area contributed by atoms with Crippen molar-refractivity contribution in [3.8, 4) is 0 Å². The van der Waals surface area contributed by atoms with Gasteiger partial charge in [0.25, 0.3) is 0 Å². The van der Waals surface area contributed by atoms with Gasteiger partial charge in [0.2, 0.25) is 0 Å². The number of aromatic nitrogens is 2. The minimum absolute atomic E-state index is 0.446. The highest BCUT2D eigenvalue weighted by atomic mass is 35.5. The van der Waals surface area contributed by atoms with Crippen molar-refractivity contribution in [2.75, 3.05) is 19.0 Å². The summed E-state index contributed by atoms with van der Waals surface area (Å²) in [6.07, 6.45) is 0. The molecule has 0 bridgehead atoms. The predicted octanol–water partition coefficient (Wildman–Crippen LogP) is 2.36. The van der Waals surface area contributed by atoms with E-state index in [0.717, 1.165) is 11.0 Å². The van der Waals surface area contributed by atoms with Gasteiger partial charge in [-0.1, -0.05) is 11.6 Å². The maximum atomic E-state index is 11.9. The molecule has 0 fully saturated rings. The van der Waals surface area contributed by atoms with E-state index in [9.17, 15) is 4.55 Å². The predicted molar refractivity (Wildman–Crippen MR) is 68.9 cm³/mol. The zero-order valence-electron chi connectivity index (χ0n) is 9.40. The number of halogens is 1. The van der Waals surface area contributed by atoms with E-state index in [1.165, 1.54) is 0 Å². The summed E-state index contributed by atoms with van der Waals surface area (Å²) in [7, 11) is 0. The number of nitrogens with zero attached hydrogens (tertiary/aromatic N) is 1. The van der Waals surface area contributed by atoms with E-state index in [4.69, 9.17) is 16.3 Å². The number of imidazole rings is 1. The molecule has 2 rings (SSSR count). The Bertz CT molecular complexity index is 503. The molecule has 17 heavy (non-hydrogen) atoms. The van der Waals surface area contributed by atoms with E-state index < -0.39 is 11.2 Å². The Morgan fingerprint density at radius 1 is 1.53 bits per heavy atom. The van der Waals surface area contributed by atoms with E-state index in [1.54, 1.807) is 12.1 Å². The molecule has 1 heterocycles. The molecule has 1 aromatic carbocycles. The first-order valence-electron chi connectivity index (χ1n) is 5.32. The second-order valence-electron chi connectivity index (χ2n) is 3.45. The molecule has 0 amide bonds. The normalized spacial score (nSPS) is 13.1. The number of nitrogens with one attached hydrogen (secondary N) is 1. The van der Waals surface area contributed by atoms with E-state index in [2.05, 4.69) is 9.97 Å². The van der Waals surface area contributed by atoms with Crippen LogP contribution in [-0.4, -0.2) is 33.5 Å². The Balaban J connectivity index is 2.12. The van der Waals surface area contributed by atoms with Gasteiger partial charge in [0.15, 0.2) is 0 Å². The fourth-order valence-electron chi connectivity index (χ4n) is 1.44. The summed E-state index contributed by atoms with van der Waals surface area (Å²) in [5, 5.41) is 1.10. The average molecular weight is 273 g/mol. The van der Waals surface area contributed by atoms with E-state index in [1.807, 2.05) is 13.0 Å². The lowest BCUT2D eigenvalue weighted by atomic mass is 10.3. The van der Waals surface area contributed by atoms with Crippen molar-refractivity contribution in [1.29, 1.82) is 0 Å². The van der Waals surface area contributed by atoms with Crippen molar-refractivity contribution >= 4 is 33.8 Å². The highest BCUT2D eigenvalue weighted by Gasteiger charge is 2.16. The minimum Gasteiger partial charge on any atom is -0.609 e. The molecule has 0 aliphatic heterocycles. The number of hydrogen-bond donors (Lipinski definition) is 1. The van der Waals surface area contributed by atoms with Gasteiger partial charge in [0.1, 0.15) is 5.75 Å². The molecule has 1 unspecified atom stereocenters. The first-order valence-corrected chi connectivity index (χ1v) is 7.02. The molecule has 0 aliphatic rings. The van der Waals surface area contributed by atoms with Crippen LogP contribution >= 0.6 is 11.6 Å². The van der Waals surface area contributed by atoms with Crippen molar-refractivity contribution in [3.63, 3.8) is 0 Å². The summed E-state index contributed by atoms with van der Waals surface area (Å²) >= 11 is 4.70. The Hall–Kier alpha value is -0.750. The monoisotopic (exact) mass is 272 g/mol. The molecule has 1 N–H and O–H groups in total. The SMILES string of the molecule is CCOCC[S+]([O-])c1nc2cc(Cl)ccc2[nH]1. The highest BCUT2D eigenvalue weighted by molar-refractivity contribution is 7.91. The van der Waals surface area contributed by atoms with Crippen LogP contribution in [0.3, 0.4) is 0 Å². The summed E-state index contributed by atoms with van der Waals surface area (Å²) < 4.78 is 17.0. The van der Waals surface area contributed by atoms with Crippen molar-refractivity contribution < 1.29 is 9.29 Å². The van der Waals surface area contributed by atoms with Crippen molar-refractivity contribution in [2.45, 2.75) is 12.1 Å². The quantitative estimate of drug-likeness (QED) is 0.671. The van der Waals surface area contributed by atoms with Crippen LogP contribution in [0.1, 0.15) is 6.92 Å². The molecule has 1 atom stereocenters. The third-order valence-corrected chi connectivity index (χ3v) is 3.65. The topological polar surface area (TPSA) is 61.0 Å². The summed E-state index contributed by atoms with van der Waals surface area (Å²) in [6.45, 7) is 3.01. The molecule has 0 saturated heterocycles. The number of benzene rings is 1. The van der Waals surface area contributed by atoms with Crippen molar-refractivity contribution in [1.82, 2.24) is 9.97 Å². The summed E-state index contributed by atoms with van der Waals surface area (Å²) in [5.74, 6) is 0.446. The maximum absolute atomic E-state index is 11.9. The largest absolute Gasteiger partial charge is 0.609 e. The van der Waals surface area contributed by atoms with Crippen LogP contribution in [0.25, 0.3) is 11.0 Å². The van der Waals surface area contributed by atoms with Gasteiger partial charge in [-0.15, -0.1) is 0 Å². The van der Waals surface area contributed by atoms with Gasteiger partial charge < -0.3 is 9.29 Å². The molecule has 6 heteroatoms. The van der Waals surface area contributed by atoms with Crippen LogP contribution in [0.15, 0.2) is 23.4 Å². The summed E-state index contributed by atoms with van der Waals surface area (Å²) in [6, 6.07) is 5.35. The molecule has 0 spiro atoms. The first-order chi connectivity index (χ1) is 8.20. The molecule has 2 aromatic rings. The van der Waals surface area contributed by atoms with Gasteiger partial charge in [-0.3, -0.25) is 4.98 Å². The van der Waals surface area contributed by atoms with Crippen LogP contribution in [0.5, 0.6) is 0 Å². The number of fused-ring (bicyclic) bond motifs is 1. The molecule has 1 aromatic heterocycles. The standard InChI is InChI=1S/C11H13ClN2O2S/c1-2-16-5-6-17(15)11-13-9-4-3-8(12)7-10(9)14-11/h3-4,7H,2,5-6H2,1H3,(H,13,14). The van der Waals surface area contributed by atoms with Gasteiger partial charge in [-0.25, -0.2) is 0 Å². The molecule has 0 aliphatic carbocycles. The van der Waals surface area contributed by atoms with Crippen LogP contribution in [-0.2, 0) is 15.9 Å². The van der Waals surface area contributed by atoms with E-state index in [-0.39, 0.29) is 0 Å². The lowest BCUT2D eigenvalue weighted by molar-refractivity contribution is 0.163. The second-order valence-corrected chi connectivity index (χ2v) is 5.37. The van der Waals surface area contributed by atoms with Gasteiger partial charge in [0, 0.05) is 22.8 Å². The van der Waals surface area contributed by atoms with Crippen molar-refractivity contribution in [2.24, 2.45) is 0 Å². The molecule has 92 valence electrons. The number of H-pyrrole nitrogens is 1. The Kier molecular flexibility index (Phi) is 4.28. The Morgan fingerprint density at radius 3 is 3.12 bits per heavy atom. The van der Waals surface area contributed by atoms with Crippen LogP contribution in [0.4, 0.5) is 0 Å². The highest BCUT2D eigenvalue weighted by Crippen LogP contribution is 2.19. The first kappa shape index (κ1) is 12.7. The van der Waals surface area contributed by atoms with E-state index in [0.29, 0.717) is 29.1 Å². The molecule has 0 saturated carbocycles. The van der Waals surface area contributed by atoms with Gasteiger partial charge in [0.05, 0.1) is 17.6 Å². The molecular formula is C11H13ClN2O2S. The fraction of sp³-hybridized carbons (Fsp3) is 0.364. The van der Waals surface area contributed by atoms with Gasteiger partial charge in [-0.2, -0.15) is 4.98 Å². The lowest BCUT2D eigenvalue weighted by Crippen LogP contribution is -2.13. The number of ether oxygens (including phenoxy) is 1. The number of aromatic amines is 1. The molecular weight excluding hydrogens is 260 g/mol. The zero-order valence-corrected chi connectivity index (χ0v) is 11.0.